The third kappa shape index (κ3) is 6.03. The zero-order chi connectivity index (χ0) is 21.3. The standard InChI is InChI=1S/C22H23N5O3/c1-2-20(28)25-19-9-4-7-17(13-19)22(30)23-14-16-6-3-8-18(12-16)26-21(29)15-27-11-5-10-24-27/h3-13H,2,14-15H2,1H3,(H,23,30)(H,25,28)(H,26,29). The topological polar surface area (TPSA) is 105 Å². The molecule has 1 heterocycles. The minimum absolute atomic E-state index is 0.112. The Bertz CT molecular complexity index is 1030. The van der Waals surface area contributed by atoms with Gasteiger partial charge < -0.3 is 16.0 Å². The maximum Gasteiger partial charge on any atom is 0.251 e. The van der Waals surface area contributed by atoms with Crippen molar-refractivity contribution in [2.24, 2.45) is 0 Å². The summed E-state index contributed by atoms with van der Waals surface area (Å²) < 4.78 is 1.54. The highest BCUT2D eigenvalue weighted by molar-refractivity contribution is 5.97. The van der Waals surface area contributed by atoms with E-state index in [1.54, 1.807) is 61.8 Å². The molecular formula is C22H23N5O3. The smallest absolute Gasteiger partial charge is 0.251 e. The maximum absolute atomic E-state index is 12.5. The first-order chi connectivity index (χ1) is 14.5. The first kappa shape index (κ1) is 20.8. The van der Waals surface area contributed by atoms with Gasteiger partial charge in [-0.05, 0) is 42.0 Å². The maximum atomic E-state index is 12.5. The number of hydrogen-bond acceptors (Lipinski definition) is 4. The lowest BCUT2D eigenvalue weighted by Crippen LogP contribution is -2.23. The quantitative estimate of drug-likeness (QED) is 0.536. The van der Waals surface area contributed by atoms with Crippen molar-refractivity contribution >= 4 is 29.1 Å². The average molecular weight is 405 g/mol. The van der Waals surface area contributed by atoms with Crippen LogP contribution in [0.3, 0.4) is 0 Å². The Morgan fingerprint density at radius 2 is 1.67 bits per heavy atom. The number of rotatable bonds is 8. The van der Waals surface area contributed by atoms with Gasteiger partial charge in [-0.3, -0.25) is 19.1 Å². The molecule has 0 aliphatic carbocycles. The van der Waals surface area contributed by atoms with E-state index in [-0.39, 0.29) is 24.3 Å². The summed E-state index contributed by atoms with van der Waals surface area (Å²) in [5, 5.41) is 12.4. The Hall–Kier alpha value is -3.94. The number of nitrogens with one attached hydrogen (secondary N) is 3. The van der Waals surface area contributed by atoms with Crippen LogP contribution in [0.4, 0.5) is 11.4 Å². The highest BCUT2D eigenvalue weighted by atomic mass is 16.2. The predicted molar refractivity (Wildman–Crippen MR) is 114 cm³/mol. The van der Waals surface area contributed by atoms with Gasteiger partial charge in [0, 0.05) is 42.3 Å². The normalized spacial score (nSPS) is 10.3. The summed E-state index contributed by atoms with van der Waals surface area (Å²) in [5.41, 5.74) is 2.52. The lowest BCUT2D eigenvalue weighted by atomic mass is 10.1. The molecule has 0 atom stereocenters. The number of carbonyl (C=O) groups excluding carboxylic acids is 3. The number of amides is 3. The molecule has 3 amide bonds. The van der Waals surface area contributed by atoms with Crippen LogP contribution in [-0.2, 0) is 22.7 Å². The van der Waals surface area contributed by atoms with Crippen molar-refractivity contribution in [3.63, 3.8) is 0 Å². The van der Waals surface area contributed by atoms with E-state index in [0.717, 1.165) is 5.56 Å². The van der Waals surface area contributed by atoms with Crippen molar-refractivity contribution in [3.8, 4) is 0 Å². The van der Waals surface area contributed by atoms with Crippen molar-refractivity contribution < 1.29 is 14.4 Å². The highest BCUT2D eigenvalue weighted by Gasteiger charge is 2.08. The van der Waals surface area contributed by atoms with Crippen molar-refractivity contribution in [2.45, 2.75) is 26.4 Å². The molecule has 0 saturated heterocycles. The van der Waals surface area contributed by atoms with Crippen molar-refractivity contribution in [1.29, 1.82) is 0 Å². The fourth-order valence-electron chi connectivity index (χ4n) is 2.77. The van der Waals surface area contributed by atoms with Gasteiger partial charge in [0.2, 0.25) is 11.8 Å². The van der Waals surface area contributed by atoms with E-state index in [9.17, 15) is 14.4 Å². The zero-order valence-corrected chi connectivity index (χ0v) is 16.6. The number of hydrogen-bond donors (Lipinski definition) is 3. The van der Waals surface area contributed by atoms with Gasteiger partial charge in [0.1, 0.15) is 6.54 Å². The average Bonchev–Trinajstić information content (AvgIpc) is 3.25. The molecule has 0 bridgehead atoms. The number of anilines is 2. The van der Waals surface area contributed by atoms with Gasteiger partial charge in [0.05, 0.1) is 0 Å². The number of aromatic nitrogens is 2. The Morgan fingerprint density at radius 1 is 0.933 bits per heavy atom. The molecule has 0 fully saturated rings. The van der Waals surface area contributed by atoms with Crippen LogP contribution in [0.1, 0.15) is 29.3 Å². The monoisotopic (exact) mass is 405 g/mol. The third-order valence-corrected chi connectivity index (χ3v) is 4.26. The van der Waals surface area contributed by atoms with Crippen LogP contribution in [0.15, 0.2) is 67.0 Å². The van der Waals surface area contributed by atoms with Crippen LogP contribution in [0.5, 0.6) is 0 Å². The fourth-order valence-corrected chi connectivity index (χ4v) is 2.77. The molecule has 0 unspecified atom stereocenters. The number of carbonyl (C=O) groups is 3. The van der Waals surface area contributed by atoms with Crippen LogP contribution < -0.4 is 16.0 Å². The molecule has 154 valence electrons. The molecule has 3 rings (SSSR count). The van der Waals surface area contributed by atoms with E-state index in [2.05, 4.69) is 21.0 Å². The number of benzene rings is 2. The first-order valence-electron chi connectivity index (χ1n) is 9.58. The summed E-state index contributed by atoms with van der Waals surface area (Å²) in [7, 11) is 0. The van der Waals surface area contributed by atoms with E-state index in [4.69, 9.17) is 0 Å². The van der Waals surface area contributed by atoms with Gasteiger partial charge >= 0.3 is 0 Å². The lowest BCUT2D eigenvalue weighted by Gasteiger charge is -2.10. The molecule has 0 aliphatic heterocycles. The summed E-state index contributed by atoms with van der Waals surface area (Å²) in [6.07, 6.45) is 3.70. The lowest BCUT2D eigenvalue weighted by molar-refractivity contribution is -0.117. The zero-order valence-electron chi connectivity index (χ0n) is 16.6. The highest BCUT2D eigenvalue weighted by Crippen LogP contribution is 2.13. The molecule has 1 aromatic heterocycles. The Morgan fingerprint density at radius 3 is 2.40 bits per heavy atom. The SMILES string of the molecule is CCC(=O)Nc1cccc(C(=O)NCc2cccc(NC(=O)Cn3cccn3)c2)c1. The van der Waals surface area contributed by atoms with Crippen molar-refractivity contribution in [1.82, 2.24) is 15.1 Å². The summed E-state index contributed by atoms with van der Waals surface area (Å²) in [6, 6.07) is 15.8. The van der Waals surface area contributed by atoms with Crippen LogP contribution in [0, 0.1) is 0 Å². The third-order valence-electron chi connectivity index (χ3n) is 4.26. The van der Waals surface area contributed by atoms with Crippen LogP contribution in [0.25, 0.3) is 0 Å². The molecular weight excluding hydrogens is 382 g/mol. The first-order valence-corrected chi connectivity index (χ1v) is 9.58. The fraction of sp³-hybridized carbons (Fsp3) is 0.182. The summed E-state index contributed by atoms with van der Waals surface area (Å²) in [5.74, 6) is -0.555. The summed E-state index contributed by atoms with van der Waals surface area (Å²) in [4.78, 5) is 36.1. The van der Waals surface area contributed by atoms with E-state index < -0.39 is 0 Å². The Labute approximate surface area is 174 Å². The van der Waals surface area contributed by atoms with E-state index >= 15 is 0 Å². The molecule has 0 aliphatic rings. The molecule has 0 saturated carbocycles. The van der Waals surface area contributed by atoms with Gasteiger partial charge in [-0.25, -0.2) is 0 Å². The van der Waals surface area contributed by atoms with Crippen molar-refractivity contribution in [3.05, 3.63) is 78.1 Å². The van der Waals surface area contributed by atoms with Gasteiger partial charge in [0.15, 0.2) is 0 Å². The molecule has 0 spiro atoms. The summed E-state index contributed by atoms with van der Waals surface area (Å²) >= 11 is 0. The minimum atomic E-state index is -0.254. The van der Waals surface area contributed by atoms with Crippen molar-refractivity contribution in [2.75, 3.05) is 10.6 Å². The number of nitrogens with zero attached hydrogens (tertiary/aromatic N) is 2. The second-order valence-electron chi connectivity index (χ2n) is 6.62. The van der Waals surface area contributed by atoms with E-state index in [0.29, 0.717) is 29.9 Å². The second-order valence-corrected chi connectivity index (χ2v) is 6.62. The Kier molecular flexibility index (Phi) is 6.94. The van der Waals surface area contributed by atoms with Gasteiger partial charge in [-0.15, -0.1) is 0 Å². The van der Waals surface area contributed by atoms with Gasteiger partial charge in [-0.2, -0.15) is 5.10 Å². The second kappa shape index (κ2) is 10.0. The molecule has 30 heavy (non-hydrogen) atoms. The van der Waals surface area contributed by atoms with Crippen LogP contribution in [0.2, 0.25) is 0 Å². The largest absolute Gasteiger partial charge is 0.348 e. The summed E-state index contributed by atoms with van der Waals surface area (Å²) in [6.45, 7) is 2.19. The van der Waals surface area contributed by atoms with E-state index in [1.807, 2.05) is 12.1 Å². The molecule has 3 N–H and O–H groups in total. The predicted octanol–water partition coefficient (Wildman–Crippen LogP) is 2.80. The molecule has 0 radical (unpaired) electrons. The Balaban J connectivity index is 1.56. The van der Waals surface area contributed by atoms with Crippen LogP contribution >= 0.6 is 0 Å². The molecule has 8 nitrogen and oxygen atoms in total. The van der Waals surface area contributed by atoms with Gasteiger partial charge in [0.25, 0.3) is 5.91 Å². The van der Waals surface area contributed by atoms with E-state index in [1.165, 1.54) is 4.68 Å². The molecule has 2 aromatic carbocycles. The molecule has 3 aromatic rings. The molecule has 8 heteroatoms. The van der Waals surface area contributed by atoms with Crippen LogP contribution in [-0.4, -0.2) is 27.5 Å². The minimum Gasteiger partial charge on any atom is -0.348 e. The van der Waals surface area contributed by atoms with Gasteiger partial charge in [-0.1, -0.05) is 25.1 Å².